The number of anilines is 1. The van der Waals surface area contributed by atoms with Gasteiger partial charge in [0, 0.05) is 19.3 Å². The normalized spacial score (nSPS) is 24.3. The van der Waals surface area contributed by atoms with Crippen LogP contribution in [0.4, 0.5) is 5.82 Å². The van der Waals surface area contributed by atoms with Crippen LogP contribution in [0, 0.1) is 5.92 Å². The summed E-state index contributed by atoms with van der Waals surface area (Å²) in [5.41, 5.74) is 2.13. The van der Waals surface area contributed by atoms with Gasteiger partial charge in [-0.05, 0) is 24.8 Å². The molecule has 3 rings (SSSR count). The molecule has 0 spiro atoms. The highest BCUT2D eigenvalue weighted by Gasteiger charge is 2.21. The van der Waals surface area contributed by atoms with Crippen molar-refractivity contribution in [2.24, 2.45) is 13.0 Å². The number of nitrogens with one attached hydrogen (secondary N) is 1. The van der Waals surface area contributed by atoms with Crippen LogP contribution in [-0.4, -0.2) is 20.6 Å². The molecule has 0 amide bonds. The molecule has 2 aromatic heterocycles. The second-order valence-corrected chi connectivity index (χ2v) is 5.75. The Labute approximate surface area is 114 Å². The molecule has 0 aromatic carbocycles. The lowest BCUT2D eigenvalue weighted by Gasteiger charge is -2.23. The Balaban J connectivity index is 1.88. The Hall–Kier alpha value is -1.58. The molecule has 2 unspecified atom stereocenters. The van der Waals surface area contributed by atoms with Gasteiger partial charge in [-0.15, -0.1) is 0 Å². The quantitative estimate of drug-likeness (QED) is 0.840. The first-order chi connectivity index (χ1) is 9.25. The molecule has 1 saturated carbocycles. The van der Waals surface area contributed by atoms with Crippen LogP contribution < -0.4 is 5.32 Å². The van der Waals surface area contributed by atoms with Crippen LogP contribution in [0.2, 0.25) is 0 Å². The number of hydrogen-bond acceptors (Lipinski definition) is 3. The standard InChI is InChI=1S/C15H22N4/c1-11-6-4-3-5-7-12(11)18-15-14-13(8-9-16-15)19(2)10-17-14/h8-12H,3-7H2,1-2H3,(H,16,18). The fraction of sp³-hybridized carbons (Fsp3) is 0.600. The van der Waals surface area contributed by atoms with Crippen molar-refractivity contribution in [1.29, 1.82) is 0 Å². The van der Waals surface area contributed by atoms with Crippen molar-refractivity contribution in [3.63, 3.8) is 0 Å². The molecule has 1 fully saturated rings. The van der Waals surface area contributed by atoms with Crippen molar-refractivity contribution < 1.29 is 0 Å². The highest BCUT2D eigenvalue weighted by molar-refractivity contribution is 5.85. The zero-order valence-corrected chi connectivity index (χ0v) is 11.8. The number of hydrogen-bond donors (Lipinski definition) is 1. The van der Waals surface area contributed by atoms with Crippen LogP contribution >= 0.6 is 0 Å². The fourth-order valence-corrected chi connectivity index (χ4v) is 3.05. The summed E-state index contributed by atoms with van der Waals surface area (Å²) in [6, 6.07) is 2.55. The van der Waals surface area contributed by atoms with Gasteiger partial charge in [0.15, 0.2) is 5.82 Å². The molecule has 0 bridgehead atoms. The Kier molecular flexibility index (Phi) is 3.40. The Morgan fingerprint density at radius 1 is 1.21 bits per heavy atom. The van der Waals surface area contributed by atoms with Crippen molar-refractivity contribution in [3.8, 4) is 0 Å². The van der Waals surface area contributed by atoms with Crippen LogP contribution in [0.5, 0.6) is 0 Å². The van der Waals surface area contributed by atoms with E-state index >= 15 is 0 Å². The third-order valence-electron chi connectivity index (χ3n) is 4.33. The van der Waals surface area contributed by atoms with E-state index in [2.05, 4.69) is 22.2 Å². The SMILES string of the molecule is CC1CCCCCC1Nc1nccc2c1ncn2C. The third kappa shape index (κ3) is 2.44. The zero-order chi connectivity index (χ0) is 13.2. The minimum absolute atomic E-state index is 0.530. The molecule has 2 aromatic rings. The first-order valence-corrected chi connectivity index (χ1v) is 7.28. The van der Waals surface area contributed by atoms with E-state index < -0.39 is 0 Å². The van der Waals surface area contributed by atoms with Gasteiger partial charge in [0.1, 0.15) is 5.52 Å². The predicted octanol–water partition coefficient (Wildman–Crippen LogP) is 3.35. The van der Waals surface area contributed by atoms with Gasteiger partial charge in [-0.25, -0.2) is 9.97 Å². The number of pyridine rings is 1. The predicted molar refractivity (Wildman–Crippen MR) is 78.2 cm³/mol. The highest BCUT2D eigenvalue weighted by Crippen LogP contribution is 2.27. The van der Waals surface area contributed by atoms with Crippen molar-refractivity contribution in [2.75, 3.05) is 5.32 Å². The number of aryl methyl sites for hydroxylation is 1. The van der Waals surface area contributed by atoms with E-state index in [4.69, 9.17) is 0 Å². The molecule has 2 heterocycles. The lowest BCUT2D eigenvalue weighted by atomic mass is 9.97. The van der Waals surface area contributed by atoms with Crippen LogP contribution in [0.3, 0.4) is 0 Å². The molecule has 19 heavy (non-hydrogen) atoms. The van der Waals surface area contributed by atoms with E-state index in [-0.39, 0.29) is 0 Å². The average Bonchev–Trinajstić information content (AvgIpc) is 2.67. The van der Waals surface area contributed by atoms with Crippen molar-refractivity contribution >= 4 is 16.9 Å². The highest BCUT2D eigenvalue weighted by atomic mass is 15.1. The van der Waals surface area contributed by atoms with Crippen LogP contribution in [-0.2, 0) is 7.05 Å². The smallest absolute Gasteiger partial charge is 0.154 e. The van der Waals surface area contributed by atoms with Gasteiger partial charge in [-0.1, -0.05) is 26.2 Å². The molecule has 0 aliphatic heterocycles. The van der Waals surface area contributed by atoms with Gasteiger partial charge in [0.25, 0.3) is 0 Å². The fourth-order valence-electron chi connectivity index (χ4n) is 3.05. The van der Waals surface area contributed by atoms with Crippen molar-refractivity contribution in [1.82, 2.24) is 14.5 Å². The van der Waals surface area contributed by atoms with E-state index in [1.807, 2.05) is 30.2 Å². The number of rotatable bonds is 2. The van der Waals surface area contributed by atoms with Gasteiger partial charge in [-0.2, -0.15) is 0 Å². The topological polar surface area (TPSA) is 42.7 Å². The monoisotopic (exact) mass is 258 g/mol. The van der Waals surface area contributed by atoms with Crippen LogP contribution in [0.15, 0.2) is 18.6 Å². The summed E-state index contributed by atoms with van der Waals surface area (Å²) in [7, 11) is 2.02. The minimum atomic E-state index is 0.530. The third-order valence-corrected chi connectivity index (χ3v) is 4.33. The summed E-state index contributed by atoms with van der Waals surface area (Å²) < 4.78 is 2.04. The van der Waals surface area contributed by atoms with Gasteiger partial charge in [0.05, 0.1) is 11.8 Å². The van der Waals surface area contributed by atoms with E-state index in [1.165, 1.54) is 32.1 Å². The molecule has 1 N–H and O–H groups in total. The summed E-state index contributed by atoms with van der Waals surface area (Å²) in [5.74, 6) is 1.65. The summed E-state index contributed by atoms with van der Waals surface area (Å²) >= 11 is 0. The van der Waals surface area contributed by atoms with E-state index in [9.17, 15) is 0 Å². The number of fused-ring (bicyclic) bond motifs is 1. The maximum absolute atomic E-state index is 4.49. The molecule has 102 valence electrons. The Morgan fingerprint density at radius 3 is 2.95 bits per heavy atom. The molecule has 1 aliphatic rings. The zero-order valence-electron chi connectivity index (χ0n) is 11.8. The molecule has 0 radical (unpaired) electrons. The first-order valence-electron chi connectivity index (χ1n) is 7.28. The first kappa shape index (κ1) is 12.5. The maximum atomic E-state index is 4.49. The second-order valence-electron chi connectivity index (χ2n) is 5.75. The van der Waals surface area contributed by atoms with Gasteiger partial charge in [0.2, 0.25) is 0 Å². The van der Waals surface area contributed by atoms with Crippen molar-refractivity contribution in [3.05, 3.63) is 18.6 Å². The average molecular weight is 258 g/mol. The lowest BCUT2D eigenvalue weighted by Crippen LogP contribution is -2.26. The van der Waals surface area contributed by atoms with Gasteiger partial charge < -0.3 is 9.88 Å². The largest absolute Gasteiger partial charge is 0.365 e. The number of imidazole rings is 1. The molecular formula is C15H22N4. The second kappa shape index (κ2) is 5.19. The van der Waals surface area contributed by atoms with Crippen LogP contribution in [0.1, 0.15) is 39.0 Å². The van der Waals surface area contributed by atoms with E-state index in [1.54, 1.807) is 0 Å². The Bertz CT molecular complexity index is 560. The summed E-state index contributed by atoms with van der Waals surface area (Å²) in [5, 5.41) is 3.64. The molecule has 1 aliphatic carbocycles. The number of aromatic nitrogens is 3. The number of nitrogens with zero attached hydrogens (tertiary/aromatic N) is 3. The molecule has 2 atom stereocenters. The maximum Gasteiger partial charge on any atom is 0.154 e. The van der Waals surface area contributed by atoms with E-state index in [0.29, 0.717) is 12.0 Å². The molecule has 4 nitrogen and oxygen atoms in total. The molecule has 4 heteroatoms. The lowest BCUT2D eigenvalue weighted by molar-refractivity contribution is 0.456. The summed E-state index contributed by atoms with van der Waals surface area (Å²) in [6.07, 6.45) is 10.3. The van der Waals surface area contributed by atoms with Crippen molar-refractivity contribution in [2.45, 2.75) is 45.1 Å². The minimum Gasteiger partial charge on any atom is -0.365 e. The van der Waals surface area contributed by atoms with Crippen LogP contribution in [0.25, 0.3) is 11.0 Å². The molecular weight excluding hydrogens is 236 g/mol. The summed E-state index contributed by atoms with van der Waals surface area (Å²) in [6.45, 7) is 2.35. The molecule has 0 saturated heterocycles. The van der Waals surface area contributed by atoms with E-state index in [0.717, 1.165) is 16.9 Å². The van der Waals surface area contributed by atoms with Gasteiger partial charge >= 0.3 is 0 Å². The summed E-state index contributed by atoms with van der Waals surface area (Å²) in [4.78, 5) is 8.96. The Morgan fingerprint density at radius 2 is 2.05 bits per heavy atom. The van der Waals surface area contributed by atoms with Gasteiger partial charge in [-0.3, -0.25) is 0 Å².